The minimum Gasteiger partial charge on any atom is -0.480 e. The van der Waals surface area contributed by atoms with Crippen molar-refractivity contribution < 1.29 is 66.5 Å². The molecule has 0 aromatic heterocycles. The Balaban J connectivity index is 1.88. The third kappa shape index (κ3) is 16.6. The second kappa shape index (κ2) is 22.7. The third-order valence-corrected chi connectivity index (χ3v) is 6.87. The molecule has 0 bridgehead atoms. The summed E-state index contributed by atoms with van der Waals surface area (Å²) in [6, 6.07) is -0.690. The molecule has 282 valence electrons. The first-order valence-electron chi connectivity index (χ1n) is 16.3. The molecule has 0 aromatic carbocycles. The van der Waals surface area contributed by atoms with Crippen LogP contribution in [-0.2, 0) is 57.0 Å². The average Bonchev–Trinajstić information content (AvgIpc) is 3.48. The number of ether oxygens (including phenoxy) is 10. The predicted octanol–water partition coefficient (Wildman–Crippen LogP) is 1.52. The van der Waals surface area contributed by atoms with E-state index in [-0.39, 0.29) is 56.9 Å². The Hall–Kier alpha value is -3.95. The Morgan fingerprint density at radius 2 is 1.66 bits per heavy atom. The number of alkyl carbamates (subject to hydrolysis) is 1. The maximum absolute atomic E-state index is 12.6. The number of cyclic esters (lactones) is 2. The van der Waals surface area contributed by atoms with Gasteiger partial charge in [-0.2, -0.15) is 0 Å². The lowest BCUT2D eigenvalue weighted by Crippen LogP contribution is -2.51. The van der Waals surface area contributed by atoms with Gasteiger partial charge in [0.1, 0.15) is 36.9 Å². The van der Waals surface area contributed by atoms with Gasteiger partial charge in [-0.3, -0.25) is 15.1 Å². The van der Waals surface area contributed by atoms with E-state index in [9.17, 15) is 19.2 Å². The topological polar surface area (TPSA) is 197 Å². The average molecular weight is 714 g/mol. The second-order valence-electron chi connectivity index (χ2n) is 12.0. The number of hydrogen-bond donors (Lipinski definition) is 2. The molecule has 1 fully saturated rings. The number of esters is 1. The number of carbonyl (C=O) groups is 4. The Kier molecular flexibility index (Phi) is 19.2. The zero-order chi connectivity index (χ0) is 36.9. The van der Waals surface area contributed by atoms with Crippen LogP contribution in [0, 0.1) is 18.3 Å². The quantitative estimate of drug-likeness (QED) is 0.0434. The van der Waals surface area contributed by atoms with E-state index in [0.29, 0.717) is 39.6 Å². The number of amidine groups is 1. The number of methoxy groups -OCH3 is 1. The van der Waals surface area contributed by atoms with Crippen molar-refractivity contribution in [3.05, 3.63) is 11.8 Å². The summed E-state index contributed by atoms with van der Waals surface area (Å²) in [5, 5.41) is 5.32. The minimum atomic E-state index is -0.936. The van der Waals surface area contributed by atoms with Gasteiger partial charge in [0, 0.05) is 18.9 Å². The van der Waals surface area contributed by atoms with E-state index in [0.717, 1.165) is 0 Å². The van der Waals surface area contributed by atoms with E-state index < -0.39 is 54.1 Å². The normalized spacial score (nSPS) is 21.1. The van der Waals surface area contributed by atoms with Crippen molar-refractivity contribution in [2.45, 2.75) is 71.0 Å². The summed E-state index contributed by atoms with van der Waals surface area (Å²) >= 11 is 0. The Morgan fingerprint density at radius 1 is 1.02 bits per heavy atom. The van der Waals surface area contributed by atoms with Crippen molar-refractivity contribution in [2.24, 2.45) is 10.9 Å². The summed E-state index contributed by atoms with van der Waals surface area (Å²) in [6.45, 7) is 11.4. The fourth-order valence-electron chi connectivity index (χ4n) is 4.59. The summed E-state index contributed by atoms with van der Waals surface area (Å²) in [4.78, 5) is 53.6. The summed E-state index contributed by atoms with van der Waals surface area (Å²) < 4.78 is 53.9. The van der Waals surface area contributed by atoms with Gasteiger partial charge in [-0.25, -0.2) is 14.4 Å². The number of aliphatic imine (C=N–C) groups is 1. The van der Waals surface area contributed by atoms with Gasteiger partial charge in [-0.15, -0.1) is 6.42 Å². The highest BCUT2D eigenvalue weighted by Gasteiger charge is 2.46. The van der Waals surface area contributed by atoms with Crippen LogP contribution in [0.5, 0.6) is 0 Å². The molecule has 0 saturated carbocycles. The number of rotatable bonds is 21. The first-order valence-corrected chi connectivity index (χ1v) is 16.3. The molecule has 0 unspecified atom stereocenters. The molecule has 2 rings (SSSR count). The number of nitrogens with one attached hydrogen (secondary N) is 2. The molecule has 0 aliphatic carbocycles. The number of nitrogens with zero attached hydrogens (tertiary/aromatic N) is 1. The maximum atomic E-state index is 12.6. The minimum absolute atomic E-state index is 0.00821. The van der Waals surface area contributed by atoms with Gasteiger partial charge in [0.25, 0.3) is 0 Å². The van der Waals surface area contributed by atoms with Crippen molar-refractivity contribution in [1.29, 1.82) is 0 Å². The molecule has 0 spiro atoms. The van der Waals surface area contributed by atoms with Gasteiger partial charge in [0.05, 0.1) is 66.0 Å². The molecule has 1 saturated heterocycles. The van der Waals surface area contributed by atoms with Crippen LogP contribution in [0.1, 0.15) is 41.0 Å². The molecule has 5 atom stereocenters. The van der Waals surface area contributed by atoms with Crippen molar-refractivity contribution >= 4 is 30.0 Å². The van der Waals surface area contributed by atoms with E-state index >= 15 is 0 Å². The smallest absolute Gasteiger partial charge is 0.480 e. The number of carbonyl (C=O) groups excluding carboxylic acids is 4. The number of hydrogen-bond acceptors (Lipinski definition) is 15. The summed E-state index contributed by atoms with van der Waals surface area (Å²) in [5.41, 5.74) is -0.718. The van der Waals surface area contributed by atoms with E-state index in [4.69, 9.17) is 53.8 Å². The van der Waals surface area contributed by atoms with Gasteiger partial charge >= 0.3 is 18.2 Å². The SMILES string of the molecule is C#CCOCCOCCOCCOCCC(=O)NCCO[C@@H]([C@@H]1OC(C(=O)OC)=C[C@H](N=C(C)NC(=O)OC(C)(C)C)[C@H]1C)[C@H]1COC(=O)O1. The monoisotopic (exact) mass is 713 g/mol. The summed E-state index contributed by atoms with van der Waals surface area (Å²) in [5.74, 6) is 0.979. The molecule has 2 aliphatic heterocycles. The first-order chi connectivity index (χ1) is 23.8. The fourth-order valence-corrected chi connectivity index (χ4v) is 4.59. The van der Waals surface area contributed by atoms with E-state index in [2.05, 4.69) is 21.5 Å². The summed E-state index contributed by atoms with van der Waals surface area (Å²) in [7, 11) is 1.20. The highest BCUT2D eigenvalue weighted by molar-refractivity contribution is 5.94. The van der Waals surface area contributed by atoms with Gasteiger partial charge in [0.15, 0.2) is 6.10 Å². The number of terminal acetylenes is 1. The molecule has 2 heterocycles. The Labute approximate surface area is 292 Å². The zero-order valence-electron chi connectivity index (χ0n) is 29.7. The Bertz CT molecular complexity index is 1200. The van der Waals surface area contributed by atoms with Crippen molar-refractivity contribution in [1.82, 2.24) is 10.6 Å². The van der Waals surface area contributed by atoms with E-state index in [1.807, 2.05) is 0 Å². The molecule has 2 aliphatic rings. The lowest BCUT2D eigenvalue weighted by Gasteiger charge is -2.38. The van der Waals surface area contributed by atoms with Crippen molar-refractivity contribution in [2.75, 3.05) is 79.7 Å². The van der Waals surface area contributed by atoms with Crippen molar-refractivity contribution in [3.8, 4) is 12.3 Å². The molecule has 0 aromatic rings. The third-order valence-electron chi connectivity index (χ3n) is 6.87. The second-order valence-corrected chi connectivity index (χ2v) is 12.0. The van der Waals surface area contributed by atoms with Gasteiger partial charge in [-0.1, -0.05) is 12.8 Å². The first kappa shape index (κ1) is 42.2. The standard InChI is InChI=1S/C33H51N3O14/c1-8-11-42-14-16-44-18-19-45-17-15-43-12-9-27(37)34-10-13-46-29(26-21-47-32(40)49-26)28-22(2)24(20-25(48-28)30(38)41-7)35-23(3)36-31(39)50-33(4,5)6/h1,20,22,24,26,28-29H,9-19,21H2,2-7H3,(H,34,37)(H,35,36,39)/t22-,24+,26-,28-,29-/m1/s1. The van der Waals surface area contributed by atoms with E-state index in [1.165, 1.54) is 13.2 Å². The molecular formula is C33H51N3O14. The van der Waals surface area contributed by atoms with Crippen molar-refractivity contribution in [3.63, 3.8) is 0 Å². The lowest BCUT2D eigenvalue weighted by atomic mass is 9.87. The van der Waals surface area contributed by atoms with Crippen LogP contribution >= 0.6 is 0 Å². The largest absolute Gasteiger partial charge is 0.508 e. The lowest BCUT2D eigenvalue weighted by molar-refractivity contribution is -0.152. The fraction of sp³-hybridized carbons (Fsp3) is 0.727. The van der Waals surface area contributed by atoms with Gasteiger partial charge in [-0.05, 0) is 33.8 Å². The van der Waals surface area contributed by atoms with Crippen LogP contribution in [0.15, 0.2) is 16.8 Å². The van der Waals surface area contributed by atoms with E-state index in [1.54, 1.807) is 34.6 Å². The molecule has 50 heavy (non-hydrogen) atoms. The predicted molar refractivity (Wildman–Crippen MR) is 176 cm³/mol. The molecule has 2 amide bonds. The van der Waals surface area contributed by atoms with Crippen LogP contribution in [0.4, 0.5) is 9.59 Å². The molecule has 17 nitrogen and oxygen atoms in total. The maximum Gasteiger partial charge on any atom is 0.508 e. The Morgan fingerprint density at radius 3 is 2.24 bits per heavy atom. The highest BCUT2D eigenvalue weighted by atomic mass is 16.8. The van der Waals surface area contributed by atoms with Crippen LogP contribution in [0.25, 0.3) is 0 Å². The number of amides is 2. The van der Waals surface area contributed by atoms with Crippen LogP contribution in [0.3, 0.4) is 0 Å². The van der Waals surface area contributed by atoms with Gasteiger partial charge < -0.3 is 52.7 Å². The molecular weight excluding hydrogens is 662 g/mol. The molecule has 0 radical (unpaired) electrons. The van der Waals surface area contributed by atoms with Gasteiger partial charge in [0.2, 0.25) is 11.7 Å². The molecule has 17 heteroatoms. The van der Waals surface area contributed by atoms with Crippen LogP contribution in [-0.4, -0.2) is 140 Å². The zero-order valence-corrected chi connectivity index (χ0v) is 29.7. The van der Waals surface area contributed by atoms with Crippen LogP contribution in [0.2, 0.25) is 0 Å². The molecule has 2 N–H and O–H groups in total. The highest BCUT2D eigenvalue weighted by Crippen LogP contribution is 2.32. The van der Waals surface area contributed by atoms with Crippen LogP contribution < -0.4 is 10.6 Å². The summed E-state index contributed by atoms with van der Waals surface area (Å²) in [6.07, 6.45) is 2.40.